The van der Waals surface area contributed by atoms with Crippen LogP contribution in [0.2, 0.25) is 5.02 Å². The maximum Gasteiger partial charge on any atom is 0.256 e. The Hall–Kier alpha value is -1.27. The molecule has 0 aliphatic carbocycles. The van der Waals surface area contributed by atoms with Crippen molar-refractivity contribution in [3.8, 4) is 0 Å². The molecule has 3 rings (SSSR count). The molecule has 2 aromatic rings. The van der Waals surface area contributed by atoms with Gasteiger partial charge in [0.2, 0.25) is 0 Å². The Labute approximate surface area is 148 Å². The summed E-state index contributed by atoms with van der Waals surface area (Å²) in [6, 6.07) is 13.2. The van der Waals surface area contributed by atoms with Crippen LogP contribution in [-0.4, -0.2) is 19.0 Å². The van der Waals surface area contributed by atoms with Crippen LogP contribution >= 0.6 is 34.2 Å². The average Bonchev–Trinajstić information content (AvgIpc) is 3.01. The van der Waals surface area contributed by atoms with Crippen molar-refractivity contribution in [1.82, 2.24) is 0 Å². The molecule has 1 N–H and O–H groups in total. The molecular formula is C17H16ClIN2O. The molecule has 3 nitrogen and oxygen atoms in total. The number of benzene rings is 2. The molecule has 5 heteroatoms. The van der Waals surface area contributed by atoms with Gasteiger partial charge in [0.1, 0.15) is 0 Å². The highest BCUT2D eigenvalue weighted by atomic mass is 127. The molecule has 0 spiro atoms. The first-order valence-corrected chi connectivity index (χ1v) is 8.72. The fourth-order valence-corrected chi connectivity index (χ4v) is 3.64. The number of halogens is 2. The minimum Gasteiger partial charge on any atom is -0.369 e. The molecule has 0 bridgehead atoms. The van der Waals surface area contributed by atoms with E-state index in [0.717, 1.165) is 40.9 Å². The summed E-state index contributed by atoms with van der Waals surface area (Å²) >= 11 is 8.55. The van der Waals surface area contributed by atoms with Crippen LogP contribution in [-0.2, 0) is 0 Å². The highest BCUT2D eigenvalue weighted by Crippen LogP contribution is 2.36. The van der Waals surface area contributed by atoms with Crippen LogP contribution in [0.3, 0.4) is 0 Å². The highest BCUT2D eigenvalue weighted by molar-refractivity contribution is 14.1. The van der Waals surface area contributed by atoms with Gasteiger partial charge in [-0.1, -0.05) is 29.8 Å². The number of nitrogens with one attached hydrogen (secondary N) is 1. The van der Waals surface area contributed by atoms with Crippen molar-refractivity contribution >= 4 is 51.5 Å². The van der Waals surface area contributed by atoms with Crippen LogP contribution in [0, 0.1) is 3.57 Å². The van der Waals surface area contributed by atoms with Gasteiger partial charge in [-0.15, -0.1) is 0 Å². The molecule has 0 unspecified atom stereocenters. The van der Waals surface area contributed by atoms with Crippen LogP contribution in [0.5, 0.6) is 0 Å². The zero-order chi connectivity index (χ0) is 15.5. The number of para-hydroxylation sites is 1. The van der Waals surface area contributed by atoms with Gasteiger partial charge in [0.25, 0.3) is 5.91 Å². The smallest absolute Gasteiger partial charge is 0.256 e. The Morgan fingerprint density at radius 2 is 1.82 bits per heavy atom. The fraction of sp³-hybridized carbons (Fsp3) is 0.235. The van der Waals surface area contributed by atoms with Gasteiger partial charge in [-0.25, -0.2) is 0 Å². The first-order chi connectivity index (χ1) is 10.7. The molecule has 0 radical (unpaired) electrons. The number of anilines is 2. The summed E-state index contributed by atoms with van der Waals surface area (Å²) in [6.45, 7) is 1.96. The van der Waals surface area contributed by atoms with E-state index in [4.69, 9.17) is 11.6 Å². The van der Waals surface area contributed by atoms with E-state index in [9.17, 15) is 4.79 Å². The van der Waals surface area contributed by atoms with Gasteiger partial charge in [-0.05, 0) is 59.7 Å². The standard InChI is InChI=1S/C17H16ClIN2O/c18-13-7-5-9-15(16(13)21-10-3-4-11-21)20-17(22)12-6-1-2-8-14(12)19/h1-2,5-9H,3-4,10-11H2,(H,20,22). The predicted octanol–water partition coefficient (Wildman–Crippen LogP) is 4.80. The van der Waals surface area contributed by atoms with Gasteiger partial charge in [0, 0.05) is 16.7 Å². The van der Waals surface area contributed by atoms with Crippen LogP contribution in [0.25, 0.3) is 0 Å². The lowest BCUT2D eigenvalue weighted by atomic mass is 10.2. The maximum absolute atomic E-state index is 12.5. The van der Waals surface area contributed by atoms with Crippen molar-refractivity contribution in [2.45, 2.75) is 12.8 Å². The number of nitrogens with zero attached hydrogens (tertiary/aromatic N) is 1. The summed E-state index contributed by atoms with van der Waals surface area (Å²) in [5.41, 5.74) is 2.38. The monoisotopic (exact) mass is 426 g/mol. The van der Waals surface area contributed by atoms with E-state index in [0.29, 0.717) is 10.6 Å². The number of hydrogen-bond acceptors (Lipinski definition) is 2. The third-order valence-corrected chi connectivity index (χ3v) is 5.02. The first-order valence-electron chi connectivity index (χ1n) is 7.26. The van der Waals surface area contributed by atoms with E-state index in [1.165, 1.54) is 0 Å². The molecule has 1 heterocycles. The molecule has 114 valence electrons. The lowest BCUT2D eigenvalue weighted by Crippen LogP contribution is -2.22. The molecule has 1 fully saturated rings. The molecule has 1 amide bonds. The topological polar surface area (TPSA) is 32.3 Å². The lowest BCUT2D eigenvalue weighted by molar-refractivity contribution is 0.102. The second kappa shape index (κ2) is 6.87. The Bertz CT molecular complexity index is 699. The van der Waals surface area contributed by atoms with E-state index in [1.54, 1.807) is 0 Å². The normalized spacial score (nSPS) is 14.2. The Kier molecular flexibility index (Phi) is 4.88. The molecule has 22 heavy (non-hydrogen) atoms. The Balaban J connectivity index is 1.91. The molecule has 0 atom stereocenters. The lowest BCUT2D eigenvalue weighted by Gasteiger charge is -2.23. The summed E-state index contributed by atoms with van der Waals surface area (Å²) in [4.78, 5) is 14.8. The van der Waals surface area contributed by atoms with E-state index in [2.05, 4.69) is 32.8 Å². The summed E-state index contributed by atoms with van der Waals surface area (Å²) in [7, 11) is 0. The van der Waals surface area contributed by atoms with Gasteiger partial charge in [0.15, 0.2) is 0 Å². The zero-order valence-corrected chi connectivity index (χ0v) is 14.9. The van der Waals surface area contributed by atoms with Crippen LogP contribution in [0.15, 0.2) is 42.5 Å². The van der Waals surface area contributed by atoms with Gasteiger partial charge < -0.3 is 10.2 Å². The minimum absolute atomic E-state index is 0.104. The van der Waals surface area contributed by atoms with Crippen LogP contribution in [0.4, 0.5) is 11.4 Å². The minimum atomic E-state index is -0.104. The molecule has 2 aromatic carbocycles. The summed E-state index contributed by atoms with van der Waals surface area (Å²) < 4.78 is 0.933. The van der Waals surface area contributed by atoms with Crippen molar-refractivity contribution in [3.05, 3.63) is 56.6 Å². The fourth-order valence-electron chi connectivity index (χ4n) is 2.71. The Morgan fingerprint density at radius 3 is 2.55 bits per heavy atom. The Morgan fingerprint density at radius 1 is 1.09 bits per heavy atom. The maximum atomic E-state index is 12.5. The van der Waals surface area contributed by atoms with E-state index in [-0.39, 0.29) is 5.91 Å². The zero-order valence-electron chi connectivity index (χ0n) is 12.0. The first kappa shape index (κ1) is 15.6. The summed E-state index contributed by atoms with van der Waals surface area (Å²) in [5.74, 6) is -0.104. The van der Waals surface area contributed by atoms with E-state index >= 15 is 0 Å². The third-order valence-electron chi connectivity index (χ3n) is 3.78. The molecule has 0 saturated carbocycles. The van der Waals surface area contributed by atoms with Crippen LogP contribution < -0.4 is 10.2 Å². The second-order valence-corrected chi connectivity index (χ2v) is 6.83. The average molecular weight is 427 g/mol. The highest BCUT2D eigenvalue weighted by Gasteiger charge is 2.20. The molecule has 1 saturated heterocycles. The largest absolute Gasteiger partial charge is 0.369 e. The molecular weight excluding hydrogens is 411 g/mol. The van der Waals surface area contributed by atoms with Gasteiger partial charge in [-0.3, -0.25) is 4.79 Å². The number of carbonyl (C=O) groups excluding carboxylic acids is 1. The quantitative estimate of drug-likeness (QED) is 0.715. The van der Waals surface area contributed by atoms with Crippen molar-refractivity contribution < 1.29 is 4.79 Å². The van der Waals surface area contributed by atoms with Gasteiger partial charge in [-0.2, -0.15) is 0 Å². The summed E-state index contributed by atoms with van der Waals surface area (Å²) in [6.07, 6.45) is 2.32. The van der Waals surface area contributed by atoms with Crippen molar-refractivity contribution in [2.24, 2.45) is 0 Å². The second-order valence-electron chi connectivity index (χ2n) is 5.26. The van der Waals surface area contributed by atoms with Gasteiger partial charge in [0.05, 0.1) is 22.0 Å². The number of rotatable bonds is 3. The van der Waals surface area contributed by atoms with Crippen molar-refractivity contribution in [2.75, 3.05) is 23.3 Å². The van der Waals surface area contributed by atoms with Crippen LogP contribution in [0.1, 0.15) is 23.2 Å². The molecule has 1 aliphatic rings. The van der Waals surface area contributed by atoms with Gasteiger partial charge >= 0.3 is 0 Å². The number of amides is 1. The van der Waals surface area contributed by atoms with Crippen molar-refractivity contribution in [1.29, 1.82) is 0 Å². The van der Waals surface area contributed by atoms with E-state index in [1.807, 2.05) is 42.5 Å². The SMILES string of the molecule is O=C(Nc1cccc(Cl)c1N1CCCC1)c1ccccc1I. The van der Waals surface area contributed by atoms with E-state index < -0.39 is 0 Å². The number of hydrogen-bond donors (Lipinski definition) is 1. The predicted molar refractivity (Wildman–Crippen MR) is 100 cm³/mol. The third kappa shape index (κ3) is 3.22. The van der Waals surface area contributed by atoms with Crippen molar-refractivity contribution in [3.63, 3.8) is 0 Å². The molecule has 0 aromatic heterocycles. The molecule has 1 aliphatic heterocycles. The number of carbonyl (C=O) groups is 1. The summed E-state index contributed by atoms with van der Waals surface area (Å²) in [5, 5.41) is 3.70.